The van der Waals surface area contributed by atoms with E-state index in [1.807, 2.05) is 17.7 Å². The number of hydrogen-bond donors (Lipinski definition) is 0. The van der Waals surface area contributed by atoms with Crippen molar-refractivity contribution < 1.29 is 9.53 Å². The van der Waals surface area contributed by atoms with E-state index < -0.39 is 0 Å². The summed E-state index contributed by atoms with van der Waals surface area (Å²) in [6.07, 6.45) is 9.50. The molecule has 1 aromatic heterocycles. The van der Waals surface area contributed by atoms with Crippen molar-refractivity contribution in [3.8, 4) is 0 Å². The van der Waals surface area contributed by atoms with Gasteiger partial charge in [0, 0.05) is 13.0 Å². The molecule has 30 heavy (non-hydrogen) atoms. The first-order chi connectivity index (χ1) is 14.3. The first-order valence-electron chi connectivity index (χ1n) is 12.0. The molecule has 0 amide bonds. The van der Waals surface area contributed by atoms with Gasteiger partial charge in [0.1, 0.15) is 11.9 Å². The molecule has 1 aromatic rings. The van der Waals surface area contributed by atoms with Crippen molar-refractivity contribution in [2.75, 3.05) is 0 Å². The maximum Gasteiger partial charge on any atom is 0.155 e. The fraction of sp³-hybridized carbons (Fsp3) is 0.833. The highest BCUT2D eigenvalue weighted by Gasteiger charge is 2.69. The van der Waals surface area contributed by atoms with Gasteiger partial charge in [0.25, 0.3) is 0 Å². The maximum absolute atomic E-state index is 12.1. The Bertz CT molecular complexity index is 924. The molecule has 162 valence electrons. The SMILES string of the molecule is Cc1nnnn1C[C@@H](C)C1CCC2C3C(CCC21C)[C@@]1(C)CCC(=O)C=C1[C@H]1O[C@@H]31. The molecule has 5 aliphatic rings. The lowest BCUT2D eigenvalue weighted by molar-refractivity contribution is -0.117. The quantitative estimate of drug-likeness (QED) is 0.710. The molecule has 9 atom stereocenters. The molecule has 5 unspecified atom stereocenters. The summed E-state index contributed by atoms with van der Waals surface area (Å²) in [5.74, 6) is 4.57. The van der Waals surface area contributed by atoms with Gasteiger partial charge in [-0.05, 0) is 102 Å². The lowest BCUT2D eigenvalue weighted by Crippen LogP contribution is -2.54. The number of fused-ring (bicyclic) bond motifs is 8. The number of ether oxygens (including phenoxy) is 1. The molecule has 6 rings (SSSR count). The van der Waals surface area contributed by atoms with Crippen LogP contribution in [-0.2, 0) is 16.1 Å². The zero-order chi connectivity index (χ0) is 20.8. The van der Waals surface area contributed by atoms with E-state index in [-0.39, 0.29) is 11.5 Å². The fourth-order valence-corrected chi connectivity index (χ4v) is 8.60. The second-order valence-electron chi connectivity index (χ2n) is 11.4. The van der Waals surface area contributed by atoms with E-state index in [1.165, 1.54) is 31.3 Å². The van der Waals surface area contributed by atoms with Crippen molar-refractivity contribution in [1.29, 1.82) is 0 Å². The number of carbonyl (C=O) groups is 1. The number of tetrazole rings is 1. The number of epoxide rings is 1. The van der Waals surface area contributed by atoms with Crippen molar-refractivity contribution in [3.63, 3.8) is 0 Å². The highest BCUT2D eigenvalue weighted by molar-refractivity contribution is 5.92. The Morgan fingerprint density at radius 3 is 2.83 bits per heavy atom. The monoisotopic (exact) mass is 410 g/mol. The number of aromatic nitrogens is 4. The van der Waals surface area contributed by atoms with Crippen molar-refractivity contribution in [2.45, 2.75) is 85.0 Å². The number of hydrogen-bond acceptors (Lipinski definition) is 5. The topological polar surface area (TPSA) is 73.2 Å². The van der Waals surface area contributed by atoms with Gasteiger partial charge in [-0.3, -0.25) is 4.79 Å². The summed E-state index contributed by atoms with van der Waals surface area (Å²) in [4.78, 5) is 12.1. The molecule has 0 bridgehead atoms. The van der Waals surface area contributed by atoms with Crippen LogP contribution in [0.25, 0.3) is 0 Å². The molecular formula is C24H34N4O2. The third-order valence-corrected chi connectivity index (χ3v) is 10.2. The van der Waals surface area contributed by atoms with Crippen LogP contribution >= 0.6 is 0 Å². The summed E-state index contributed by atoms with van der Waals surface area (Å²) in [5, 5.41) is 12.1. The van der Waals surface area contributed by atoms with Gasteiger partial charge in [0.15, 0.2) is 5.78 Å². The van der Waals surface area contributed by atoms with Crippen molar-refractivity contribution in [1.82, 2.24) is 20.2 Å². The summed E-state index contributed by atoms with van der Waals surface area (Å²) in [7, 11) is 0. The standard InChI is InChI=1S/C24H34N4O2/c1-13(12-28-14(2)25-26-27-28)16-5-6-17-20-18(8-10-23(16,17)3)24(4)9-7-15(29)11-19(24)21-22(20)30-21/h11,13,16-18,20-22H,5-10,12H2,1-4H3/t13-,16?,17?,18?,20?,21-,22+,23?,24-/m1/s1. The average molecular weight is 411 g/mol. The lowest BCUT2D eigenvalue weighted by Gasteiger charge is -2.57. The molecule has 0 radical (unpaired) electrons. The van der Waals surface area contributed by atoms with Crippen LogP contribution in [0.2, 0.25) is 0 Å². The van der Waals surface area contributed by atoms with E-state index in [2.05, 4.69) is 36.3 Å². The van der Waals surface area contributed by atoms with Crippen LogP contribution < -0.4 is 0 Å². The lowest BCUT2D eigenvalue weighted by atomic mass is 9.46. The Hall–Kier alpha value is -1.56. The Balaban J connectivity index is 1.28. The first-order valence-corrected chi connectivity index (χ1v) is 12.0. The predicted octanol–water partition coefficient (Wildman–Crippen LogP) is 3.75. The first kappa shape index (κ1) is 19.1. The van der Waals surface area contributed by atoms with Crippen molar-refractivity contribution in [3.05, 3.63) is 17.5 Å². The zero-order valence-corrected chi connectivity index (χ0v) is 18.7. The van der Waals surface area contributed by atoms with Gasteiger partial charge in [-0.15, -0.1) is 5.10 Å². The second kappa shape index (κ2) is 6.24. The van der Waals surface area contributed by atoms with Gasteiger partial charge in [-0.2, -0.15) is 0 Å². The fourth-order valence-electron chi connectivity index (χ4n) is 8.60. The van der Waals surface area contributed by atoms with Crippen molar-refractivity contribution >= 4 is 5.78 Å². The van der Waals surface area contributed by atoms with E-state index in [0.717, 1.165) is 24.7 Å². The van der Waals surface area contributed by atoms with E-state index in [0.29, 0.717) is 47.4 Å². The van der Waals surface area contributed by atoms with Crippen LogP contribution in [0.3, 0.4) is 0 Å². The molecule has 4 aliphatic carbocycles. The van der Waals surface area contributed by atoms with E-state index in [9.17, 15) is 4.79 Å². The summed E-state index contributed by atoms with van der Waals surface area (Å²) in [5.41, 5.74) is 1.89. The average Bonchev–Trinajstić information content (AvgIpc) is 3.28. The molecule has 1 saturated heterocycles. The molecule has 6 heteroatoms. The number of ketones is 1. The number of aryl methyl sites for hydroxylation is 1. The smallest absolute Gasteiger partial charge is 0.155 e. The Labute approximate surface area is 178 Å². The molecule has 0 spiro atoms. The van der Waals surface area contributed by atoms with Gasteiger partial charge in [-0.25, -0.2) is 4.68 Å². The Morgan fingerprint density at radius 1 is 1.23 bits per heavy atom. The van der Waals surface area contributed by atoms with Crippen LogP contribution in [0.5, 0.6) is 0 Å². The zero-order valence-electron chi connectivity index (χ0n) is 18.7. The summed E-state index contributed by atoms with van der Waals surface area (Å²) < 4.78 is 8.31. The Kier molecular flexibility index (Phi) is 3.98. The minimum Gasteiger partial charge on any atom is -0.365 e. The molecule has 3 saturated carbocycles. The summed E-state index contributed by atoms with van der Waals surface area (Å²) in [6, 6.07) is 0. The highest BCUT2D eigenvalue weighted by atomic mass is 16.6. The van der Waals surface area contributed by atoms with Crippen LogP contribution in [0, 0.1) is 47.3 Å². The molecule has 4 fully saturated rings. The molecule has 0 N–H and O–H groups in total. The van der Waals surface area contributed by atoms with E-state index in [1.54, 1.807) is 0 Å². The normalized spacial score (nSPS) is 47.6. The van der Waals surface area contributed by atoms with Gasteiger partial charge in [0.05, 0.1) is 6.10 Å². The molecule has 6 nitrogen and oxygen atoms in total. The van der Waals surface area contributed by atoms with Crippen LogP contribution in [-0.4, -0.2) is 38.2 Å². The van der Waals surface area contributed by atoms with Crippen molar-refractivity contribution in [2.24, 2.45) is 40.4 Å². The predicted molar refractivity (Wildman–Crippen MR) is 111 cm³/mol. The molecule has 0 aromatic carbocycles. The van der Waals surface area contributed by atoms with Gasteiger partial charge in [0.2, 0.25) is 0 Å². The van der Waals surface area contributed by atoms with E-state index in [4.69, 9.17) is 4.74 Å². The third kappa shape index (κ3) is 2.46. The van der Waals surface area contributed by atoms with Gasteiger partial charge in [-0.1, -0.05) is 20.8 Å². The number of carbonyl (C=O) groups excluding carboxylic acids is 1. The van der Waals surface area contributed by atoms with Gasteiger partial charge < -0.3 is 4.74 Å². The summed E-state index contributed by atoms with van der Waals surface area (Å²) >= 11 is 0. The minimum atomic E-state index is 0.171. The number of rotatable bonds is 3. The number of nitrogens with zero attached hydrogens (tertiary/aromatic N) is 4. The van der Waals surface area contributed by atoms with Crippen LogP contribution in [0.4, 0.5) is 0 Å². The third-order valence-electron chi connectivity index (χ3n) is 10.2. The second-order valence-corrected chi connectivity index (χ2v) is 11.4. The molecule has 1 aliphatic heterocycles. The van der Waals surface area contributed by atoms with E-state index >= 15 is 0 Å². The largest absolute Gasteiger partial charge is 0.365 e. The maximum atomic E-state index is 12.1. The van der Waals surface area contributed by atoms with Gasteiger partial charge >= 0.3 is 0 Å². The minimum absolute atomic E-state index is 0.171. The van der Waals surface area contributed by atoms with Crippen LogP contribution in [0.1, 0.15) is 65.1 Å². The highest BCUT2D eigenvalue weighted by Crippen LogP contribution is 2.70. The molecule has 2 heterocycles. The molecular weight excluding hydrogens is 376 g/mol. The summed E-state index contributed by atoms with van der Waals surface area (Å²) in [6.45, 7) is 10.3. The Morgan fingerprint density at radius 2 is 2.07 bits per heavy atom. The van der Waals surface area contributed by atoms with Crippen LogP contribution in [0.15, 0.2) is 11.6 Å².